The van der Waals surface area contributed by atoms with Crippen molar-refractivity contribution in [2.24, 2.45) is 5.73 Å². The van der Waals surface area contributed by atoms with Gasteiger partial charge in [0.15, 0.2) is 0 Å². The molecular weight excluding hydrogens is 191 g/mol. The van der Waals surface area contributed by atoms with Crippen LogP contribution in [-0.4, -0.2) is 11.9 Å². The zero-order chi connectivity index (χ0) is 11.1. The van der Waals surface area contributed by atoms with Gasteiger partial charge < -0.3 is 15.6 Å². The second kappa shape index (κ2) is 5.65. The third kappa shape index (κ3) is 2.83. The molecule has 1 rings (SSSR count). The molecule has 0 bridgehead atoms. The molecule has 0 atom stereocenters. The van der Waals surface area contributed by atoms with Crippen molar-refractivity contribution in [1.82, 2.24) is 0 Å². The monoisotopic (exact) mass is 200 g/mol. The summed E-state index contributed by atoms with van der Waals surface area (Å²) in [5, 5.41) is 10.4. The number of primary amides is 1. The lowest BCUT2D eigenvalue weighted by atomic mass is 10.1. The smallest absolute Gasteiger partial charge is 0.249 e. The van der Waals surface area contributed by atoms with E-state index in [2.05, 4.69) is 0 Å². The Labute approximate surface area is 79.1 Å². The first-order chi connectivity index (χ1) is 6.63. The van der Waals surface area contributed by atoms with E-state index < -0.39 is 11.9 Å². The van der Waals surface area contributed by atoms with Crippen LogP contribution >= 0.6 is 0 Å². The number of amides is 1. The van der Waals surface area contributed by atoms with Gasteiger partial charge in [0.25, 0.3) is 0 Å². The highest BCUT2D eigenvalue weighted by Gasteiger charge is 2.06. The topological polar surface area (TPSA) is 111 Å². The average Bonchev–Trinajstić information content (AvgIpc) is 2.20. The van der Waals surface area contributed by atoms with Crippen molar-refractivity contribution in [3.63, 3.8) is 0 Å². The highest BCUT2D eigenvalue weighted by atomic mass is 19.2. The number of quaternary nitrogens is 1. The Kier molecular flexibility index (Phi) is 4.87. The third-order valence-corrected chi connectivity index (χ3v) is 1.41. The van der Waals surface area contributed by atoms with Gasteiger partial charge in [-0.15, -0.1) is 0 Å². The molecular formula is C8H9FN2O3. The molecule has 0 aliphatic heterocycles. The average molecular weight is 200 g/mol. The molecule has 1 aromatic rings. The lowest BCUT2D eigenvalue weighted by molar-refractivity contribution is -0.589. The first-order valence-corrected chi connectivity index (χ1v) is 3.50. The van der Waals surface area contributed by atoms with Crippen LogP contribution < -0.4 is 16.8 Å². The molecule has 0 radical (unpaired) electrons. The van der Waals surface area contributed by atoms with Crippen molar-refractivity contribution in [1.29, 1.82) is 0 Å². The number of nitrogens with two attached hydrogens (primary N) is 1. The number of carboxylic acid groups (broad SMARTS) is 1. The van der Waals surface area contributed by atoms with Crippen molar-refractivity contribution in [3.05, 3.63) is 35.4 Å². The predicted molar refractivity (Wildman–Crippen MR) is 43.3 cm³/mol. The van der Waals surface area contributed by atoms with Crippen molar-refractivity contribution in [2.75, 3.05) is 0 Å². The second-order valence-electron chi connectivity index (χ2n) is 2.20. The van der Waals surface area contributed by atoms with Crippen LogP contribution in [0.15, 0.2) is 24.3 Å². The predicted octanol–water partition coefficient (Wildman–Crippen LogP) is -1.74. The molecule has 0 heterocycles. The summed E-state index contributed by atoms with van der Waals surface area (Å²) in [5.41, 5.74) is 4.72. The number of hydrogen-bond acceptors (Lipinski definition) is 3. The molecule has 0 aromatic heterocycles. The van der Waals surface area contributed by atoms with Gasteiger partial charge in [0.2, 0.25) is 5.91 Å². The molecule has 76 valence electrons. The van der Waals surface area contributed by atoms with Gasteiger partial charge in [0.1, 0.15) is 0 Å². The number of carboxylic acids is 1. The van der Waals surface area contributed by atoms with Crippen LogP contribution in [-0.2, 0) is 0 Å². The largest absolute Gasteiger partial charge is 0.545 e. The summed E-state index contributed by atoms with van der Waals surface area (Å²) in [5.74, 6) is -0.417. The van der Waals surface area contributed by atoms with Crippen LogP contribution in [0, 0.1) is 0 Å². The Morgan fingerprint density at radius 2 is 1.64 bits per heavy atom. The maximum absolute atomic E-state index is 10.7. The van der Waals surface area contributed by atoms with Crippen LogP contribution in [0.5, 0.6) is 0 Å². The van der Waals surface area contributed by atoms with Crippen molar-refractivity contribution < 1.29 is 25.1 Å². The van der Waals surface area contributed by atoms with Crippen LogP contribution in [0.4, 0.5) is 4.48 Å². The summed E-state index contributed by atoms with van der Waals surface area (Å²) >= 11 is 0. The fraction of sp³-hybridized carbons (Fsp3) is 0. The fourth-order valence-corrected chi connectivity index (χ4v) is 0.876. The van der Waals surface area contributed by atoms with E-state index in [0.717, 1.165) is 0 Å². The van der Waals surface area contributed by atoms with E-state index in [9.17, 15) is 19.2 Å². The van der Waals surface area contributed by atoms with Gasteiger partial charge in [-0.25, -0.2) is 0 Å². The molecule has 1 aromatic carbocycles. The van der Waals surface area contributed by atoms with E-state index in [1.807, 2.05) is 0 Å². The standard InChI is InChI=1S/C8H7NO3.FH3N/c9-7(10)5-3-1-2-4-6(5)8(11)12;1-2/h1-4H,(H2,9,10)(H,11,12);2H3/q;+1/p-1. The molecule has 0 unspecified atom stereocenters. The first-order valence-electron chi connectivity index (χ1n) is 3.50. The van der Waals surface area contributed by atoms with Crippen molar-refractivity contribution >= 4 is 11.9 Å². The maximum Gasteiger partial charge on any atom is 0.249 e. The zero-order valence-electron chi connectivity index (χ0n) is 7.20. The Hall–Kier alpha value is -1.95. The van der Waals surface area contributed by atoms with Crippen molar-refractivity contribution in [2.45, 2.75) is 0 Å². The molecule has 6 heteroatoms. The van der Waals surface area contributed by atoms with Gasteiger partial charge in [-0.1, -0.05) is 18.2 Å². The van der Waals surface area contributed by atoms with Gasteiger partial charge in [-0.2, -0.15) is 5.96 Å². The van der Waals surface area contributed by atoms with Gasteiger partial charge in [0, 0.05) is 11.1 Å². The summed E-state index contributed by atoms with van der Waals surface area (Å²) in [6.45, 7) is 0. The van der Waals surface area contributed by atoms with E-state index in [-0.39, 0.29) is 11.1 Å². The Morgan fingerprint density at radius 1 is 1.21 bits per heavy atom. The molecule has 5 N–H and O–H groups in total. The molecule has 0 saturated heterocycles. The summed E-state index contributed by atoms with van der Waals surface area (Å²) in [4.78, 5) is 21.1. The van der Waals surface area contributed by atoms with Crippen molar-refractivity contribution in [3.8, 4) is 0 Å². The molecule has 0 aliphatic carbocycles. The van der Waals surface area contributed by atoms with Gasteiger partial charge in [-0.3, -0.25) is 4.79 Å². The molecule has 1 amide bonds. The molecule has 0 fully saturated rings. The lowest BCUT2D eigenvalue weighted by Gasteiger charge is -2.05. The summed E-state index contributed by atoms with van der Waals surface area (Å²) in [6.07, 6.45) is 0. The Balaban J connectivity index is 0.000000791. The Bertz CT molecular complexity index is 308. The minimum absolute atomic E-state index is 0.0301. The Morgan fingerprint density at radius 3 is 1.93 bits per heavy atom. The molecule has 0 saturated carbocycles. The SMILES string of the molecule is NC(=O)c1ccccc1C(=O)[O-].[NH3+]F. The normalized spacial score (nSPS) is 8.43. The van der Waals surface area contributed by atoms with Crippen LogP contribution in [0.3, 0.4) is 0 Å². The molecule has 0 aliphatic rings. The number of rotatable bonds is 2. The van der Waals surface area contributed by atoms with Gasteiger partial charge >= 0.3 is 0 Å². The van der Waals surface area contributed by atoms with E-state index in [0.29, 0.717) is 0 Å². The fourth-order valence-electron chi connectivity index (χ4n) is 0.876. The number of carbonyl (C=O) groups excluding carboxylic acids is 2. The number of halogens is 1. The number of hydrogen-bond donors (Lipinski definition) is 2. The van der Waals surface area contributed by atoms with Gasteiger partial charge in [-0.05, 0) is 10.5 Å². The summed E-state index contributed by atoms with van der Waals surface area (Å²) in [6, 6.07) is 5.65. The van der Waals surface area contributed by atoms with E-state index in [1.54, 1.807) is 5.96 Å². The van der Waals surface area contributed by atoms with Crippen LogP contribution in [0.2, 0.25) is 0 Å². The minimum atomic E-state index is -1.40. The third-order valence-electron chi connectivity index (χ3n) is 1.41. The zero-order valence-corrected chi connectivity index (χ0v) is 7.20. The van der Waals surface area contributed by atoms with E-state index >= 15 is 0 Å². The van der Waals surface area contributed by atoms with E-state index in [4.69, 9.17) is 5.73 Å². The molecule has 14 heavy (non-hydrogen) atoms. The number of benzene rings is 1. The second-order valence-corrected chi connectivity index (χ2v) is 2.20. The van der Waals surface area contributed by atoms with Gasteiger partial charge in [0.05, 0.1) is 5.97 Å². The highest BCUT2D eigenvalue weighted by Crippen LogP contribution is 2.05. The number of aromatic carboxylic acids is 1. The lowest BCUT2D eigenvalue weighted by Crippen LogP contribution is -2.32. The minimum Gasteiger partial charge on any atom is -0.545 e. The molecule has 5 nitrogen and oxygen atoms in total. The number of carbonyl (C=O) groups is 2. The quantitative estimate of drug-likeness (QED) is 0.553. The van der Waals surface area contributed by atoms with Crippen LogP contribution in [0.25, 0.3) is 0 Å². The summed E-state index contributed by atoms with van der Waals surface area (Å²) < 4.78 is 9.25. The van der Waals surface area contributed by atoms with E-state index in [1.165, 1.54) is 24.3 Å². The molecule has 0 spiro atoms. The maximum atomic E-state index is 10.7. The highest BCUT2D eigenvalue weighted by molar-refractivity contribution is 6.03. The summed E-state index contributed by atoms with van der Waals surface area (Å²) in [7, 11) is 0. The van der Waals surface area contributed by atoms with Crippen LogP contribution in [0.1, 0.15) is 20.7 Å². The first kappa shape index (κ1) is 12.0.